The third-order valence-electron chi connectivity index (χ3n) is 1.71. The van der Waals surface area contributed by atoms with Gasteiger partial charge in [0.1, 0.15) is 0 Å². The van der Waals surface area contributed by atoms with Gasteiger partial charge in [-0.1, -0.05) is 12.1 Å². The molecule has 0 aliphatic carbocycles. The molecule has 0 radical (unpaired) electrons. The van der Waals surface area contributed by atoms with Gasteiger partial charge in [-0.25, -0.2) is 0 Å². The Bertz CT molecular complexity index is 340. The fourth-order valence-electron chi connectivity index (χ4n) is 0.997. The van der Waals surface area contributed by atoms with Gasteiger partial charge in [-0.05, 0) is 24.1 Å². The molecular weight excluding hydrogens is 202 g/mol. The number of carboxylic acid groups (broad SMARTS) is 1. The molecule has 3 nitrogen and oxygen atoms in total. The maximum atomic E-state index is 10.2. The van der Waals surface area contributed by atoms with E-state index in [1.807, 2.05) is 6.07 Å². The van der Waals surface area contributed by atoms with E-state index in [1.54, 1.807) is 24.3 Å². The first-order valence-corrected chi connectivity index (χ1v) is 3.93. The van der Waals surface area contributed by atoms with E-state index in [4.69, 9.17) is 10.4 Å². The van der Waals surface area contributed by atoms with E-state index in [0.29, 0.717) is 12.0 Å². The number of hydrogen-bond donors (Lipinski definition) is 1. The highest BCUT2D eigenvalue weighted by Crippen LogP contribution is 2.05. The first kappa shape index (κ1) is 12.5. The molecule has 1 rings (SSSR count). The smallest absolute Gasteiger partial charge is 0.303 e. The van der Waals surface area contributed by atoms with Crippen molar-refractivity contribution in [2.45, 2.75) is 12.8 Å². The molecule has 0 unspecified atom stereocenters. The van der Waals surface area contributed by atoms with Gasteiger partial charge in [0.05, 0.1) is 11.6 Å². The number of carbonyl (C=O) groups is 1. The number of nitrogens with zero attached hydrogens (tertiary/aromatic N) is 1. The zero-order chi connectivity index (χ0) is 9.68. The van der Waals surface area contributed by atoms with Crippen molar-refractivity contribution in [3.8, 4) is 6.07 Å². The lowest BCUT2D eigenvalue weighted by molar-refractivity contribution is -0.136. The first-order valence-electron chi connectivity index (χ1n) is 3.93. The van der Waals surface area contributed by atoms with Gasteiger partial charge in [-0.2, -0.15) is 5.26 Å². The molecule has 4 heteroatoms. The Morgan fingerprint density at radius 1 is 1.36 bits per heavy atom. The molecule has 0 fully saturated rings. The number of rotatable bonds is 3. The van der Waals surface area contributed by atoms with Gasteiger partial charge < -0.3 is 5.11 Å². The lowest BCUT2D eigenvalue weighted by atomic mass is 10.1. The zero-order valence-electron chi connectivity index (χ0n) is 7.43. The largest absolute Gasteiger partial charge is 0.481 e. The van der Waals surface area contributed by atoms with Crippen molar-refractivity contribution in [2.75, 3.05) is 0 Å². The molecule has 1 aromatic rings. The van der Waals surface area contributed by atoms with Gasteiger partial charge in [-0.15, -0.1) is 12.4 Å². The number of halogens is 1. The summed E-state index contributed by atoms with van der Waals surface area (Å²) < 4.78 is 0. The van der Waals surface area contributed by atoms with Crippen LogP contribution in [0.1, 0.15) is 17.5 Å². The molecule has 1 N–H and O–H groups in total. The van der Waals surface area contributed by atoms with Crippen LogP contribution < -0.4 is 0 Å². The van der Waals surface area contributed by atoms with E-state index in [2.05, 4.69) is 0 Å². The Morgan fingerprint density at radius 2 is 1.93 bits per heavy atom. The van der Waals surface area contributed by atoms with Gasteiger partial charge in [0, 0.05) is 6.42 Å². The average Bonchev–Trinajstić information content (AvgIpc) is 2.15. The van der Waals surface area contributed by atoms with Gasteiger partial charge >= 0.3 is 5.97 Å². The summed E-state index contributed by atoms with van der Waals surface area (Å²) in [5, 5.41) is 16.9. The minimum absolute atomic E-state index is 0. The molecule has 0 bridgehead atoms. The van der Waals surface area contributed by atoms with Crippen LogP contribution in [-0.2, 0) is 11.2 Å². The Morgan fingerprint density at radius 3 is 2.36 bits per heavy atom. The molecule has 0 aliphatic rings. The van der Waals surface area contributed by atoms with E-state index < -0.39 is 5.97 Å². The Labute approximate surface area is 88.4 Å². The minimum Gasteiger partial charge on any atom is -0.481 e. The van der Waals surface area contributed by atoms with Crippen molar-refractivity contribution in [2.24, 2.45) is 0 Å². The van der Waals surface area contributed by atoms with Gasteiger partial charge in [0.2, 0.25) is 0 Å². The maximum Gasteiger partial charge on any atom is 0.303 e. The topological polar surface area (TPSA) is 61.1 Å². The van der Waals surface area contributed by atoms with Crippen molar-refractivity contribution >= 4 is 18.4 Å². The quantitative estimate of drug-likeness (QED) is 0.832. The summed E-state index contributed by atoms with van der Waals surface area (Å²) in [5.41, 5.74) is 1.54. The second-order valence-corrected chi connectivity index (χ2v) is 2.70. The Hall–Kier alpha value is -1.53. The Kier molecular flexibility index (Phi) is 5.35. The van der Waals surface area contributed by atoms with E-state index in [0.717, 1.165) is 5.56 Å². The summed E-state index contributed by atoms with van der Waals surface area (Å²) in [6, 6.07) is 8.94. The SMILES string of the molecule is Cl.N#Cc1ccc(CCC(=O)O)cc1. The molecule has 0 saturated heterocycles. The third-order valence-corrected chi connectivity index (χ3v) is 1.71. The van der Waals surface area contributed by atoms with Crippen molar-refractivity contribution in [1.82, 2.24) is 0 Å². The molecule has 0 aliphatic heterocycles. The molecule has 0 aromatic heterocycles. The molecule has 1 aromatic carbocycles. The van der Waals surface area contributed by atoms with Crippen LogP contribution in [0.2, 0.25) is 0 Å². The van der Waals surface area contributed by atoms with Crippen molar-refractivity contribution in [3.63, 3.8) is 0 Å². The molecule has 0 amide bonds. The van der Waals surface area contributed by atoms with Crippen LogP contribution in [0.5, 0.6) is 0 Å². The molecule has 0 spiro atoms. The predicted molar refractivity (Wildman–Crippen MR) is 54.4 cm³/mol. The van der Waals surface area contributed by atoms with Crippen molar-refractivity contribution in [3.05, 3.63) is 35.4 Å². The lowest BCUT2D eigenvalue weighted by Gasteiger charge is -1.97. The summed E-state index contributed by atoms with van der Waals surface area (Å²) in [6.07, 6.45) is 0.646. The summed E-state index contributed by atoms with van der Waals surface area (Å²) in [7, 11) is 0. The highest BCUT2D eigenvalue weighted by atomic mass is 35.5. The number of benzene rings is 1. The van der Waals surface area contributed by atoms with Crippen LogP contribution in [0.4, 0.5) is 0 Å². The minimum atomic E-state index is -0.802. The highest BCUT2D eigenvalue weighted by molar-refractivity contribution is 5.85. The normalized spacial score (nSPS) is 8.50. The fraction of sp³-hybridized carbons (Fsp3) is 0.200. The van der Waals surface area contributed by atoms with E-state index >= 15 is 0 Å². The van der Waals surface area contributed by atoms with Crippen molar-refractivity contribution < 1.29 is 9.90 Å². The van der Waals surface area contributed by atoms with Crippen molar-refractivity contribution in [1.29, 1.82) is 5.26 Å². The number of aliphatic carboxylic acids is 1. The molecule has 0 heterocycles. The van der Waals surface area contributed by atoms with Crippen LogP contribution >= 0.6 is 12.4 Å². The second-order valence-electron chi connectivity index (χ2n) is 2.70. The number of nitriles is 1. The Balaban J connectivity index is 0.00000169. The molecular formula is C10H10ClNO2. The molecule has 74 valence electrons. The van der Waals surface area contributed by atoms with E-state index in [9.17, 15) is 4.79 Å². The zero-order valence-corrected chi connectivity index (χ0v) is 8.25. The van der Waals surface area contributed by atoms with Gasteiger partial charge in [-0.3, -0.25) is 4.79 Å². The first-order chi connectivity index (χ1) is 6.22. The fourth-order valence-corrected chi connectivity index (χ4v) is 0.997. The average molecular weight is 212 g/mol. The van der Waals surface area contributed by atoms with Gasteiger partial charge in [0.25, 0.3) is 0 Å². The third kappa shape index (κ3) is 3.92. The highest BCUT2D eigenvalue weighted by Gasteiger charge is 1.98. The van der Waals surface area contributed by atoms with Crippen LogP contribution in [-0.4, -0.2) is 11.1 Å². The summed E-state index contributed by atoms with van der Waals surface area (Å²) in [6.45, 7) is 0. The standard InChI is InChI=1S/C10H9NO2.ClH/c11-7-9-3-1-8(2-4-9)5-6-10(12)13;/h1-4H,5-6H2,(H,12,13);1H. The van der Waals surface area contributed by atoms with E-state index in [1.165, 1.54) is 0 Å². The maximum absolute atomic E-state index is 10.2. The monoisotopic (exact) mass is 211 g/mol. The van der Waals surface area contributed by atoms with Crippen LogP contribution in [0, 0.1) is 11.3 Å². The molecule has 0 atom stereocenters. The number of hydrogen-bond acceptors (Lipinski definition) is 2. The number of carboxylic acids is 1. The van der Waals surface area contributed by atoms with Crippen LogP contribution in [0.15, 0.2) is 24.3 Å². The molecule has 14 heavy (non-hydrogen) atoms. The second kappa shape index (κ2) is 6.01. The predicted octanol–water partition coefficient (Wildman–Crippen LogP) is 2.00. The summed E-state index contributed by atoms with van der Waals surface area (Å²) in [4.78, 5) is 10.2. The number of aryl methyl sites for hydroxylation is 1. The van der Waals surface area contributed by atoms with Gasteiger partial charge in [0.15, 0.2) is 0 Å². The summed E-state index contributed by atoms with van der Waals surface area (Å²) in [5.74, 6) is -0.802. The van der Waals surface area contributed by atoms with Crippen LogP contribution in [0.25, 0.3) is 0 Å². The lowest BCUT2D eigenvalue weighted by Crippen LogP contribution is -1.97. The van der Waals surface area contributed by atoms with Crippen LogP contribution in [0.3, 0.4) is 0 Å². The summed E-state index contributed by atoms with van der Waals surface area (Å²) >= 11 is 0. The molecule has 0 saturated carbocycles. The van der Waals surface area contributed by atoms with E-state index in [-0.39, 0.29) is 18.8 Å².